The van der Waals surface area contributed by atoms with Crippen molar-refractivity contribution in [3.05, 3.63) is 0 Å². The van der Waals surface area contributed by atoms with E-state index in [0.717, 1.165) is 25.8 Å². The van der Waals surface area contributed by atoms with E-state index in [4.69, 9.17) is 4.74 Å². The molecule has 0 radical (unpaired) electrons. The van der Waals surface area contributed by atoms with Gasteiger partial charge in [0.05, 0.1) is 13.2 Å². The Kier molecular flexibility index (Phi) is 6.46. The second-order valence-corrected chi connectivity index (χ2v) is 6.07. The summed E-state index contributed by atoms with van der Waals surface area (Å²) in [5.74, 6) is 0. The van der Waals surface area contributed by atoms with E-state index < -0.39 is 0 Å². The normalized spacial score (nSPS) is 29.5. The molecule has 0 aromatic rings. The monoisotopic (exact) mass is 254 g/mol. The Bertz CT molecular complexity index is 209. The molecule has 0 spiro atoms. The smallest absolute Gasteiger partial charge is 0.0620 e. The third-order valence-electron chi connectivity index (χ3n) is 4.26. The van der Waals surface area contributed by atoms with Crippen molar-refractivity contribution in [2.24, 2.45) is 0 Å². The highest BCUT2D eigenvalue weighted by Crippen LogP contribution is 2.18. The summed E-state index contributed by atoms with van der Waals surface area (Å²) in [6.45, 7) is 5.10. The summed E-state index contributed by atoms with van der Waals surface area (Å²) in [6, 6.07) is 1.91. The minimum Gasteiger partial charge on any atom is -0.379 e. The average molecular weight is 254 g/mol. The fraction of sp³-hybridized carbons (Fsp3) is 1.00. The molecule has 1 heterocycles. The molecule has 1 aliphatic heterocycles. The van der Waals surface area contributed by atoms with Crippen molar-refractivity contribution in [2.75, 3.05) is 19.8 Å². The van der Waals surface area contributed by atoms with Gasteiger partial charge in [0.1, 0.15) is 0 Å². The van der Waals surface area contributed by atoms with Crippen LogP contribution in [0.3, 0.4) is 0 Å². The van der Waals surface area contributed by atoms with Gasteiger partial charge in [0.2, 0.25) is 0 Å². The average Bonchev–Trinajstić information content (AvgIpc) is 2.34. The van der Waals surface area contributed by atoms with Crippen molar-refractivity contribution in [2.45, 2.75) is 76.4 Å². The molecule has 2 fully saturated rings. The summed E-state index contributed by atoms with van der Waals surface area (Å²) in [6.07, 6.45) is 11.1. The molecule has 106 valence electrons. The number of nitrogens with one attached hydrogen (secondary N) is 2. The van der Waals surface area contributed by atoms with Crippen molar-refractivity contribution in [1.29, 1.82) is 0 Å². The van der Waals surface area contributed by atoms with Crippen LogP contribution >= 0.6 is 0 Å². The first-order valence-electron chi connectivity index (χ1n) is 7.92. The number of rotatable bonds is 4. The van der Waals surface area contributed by atoms with E-state index in [9.17, 15) is 0 Å². The number of hydrogen-bond donors (Lipinski definition) is 2. The Labute approximate surface area is 112 Å². The third kappa shape index (κ3) is 5.25. The van der Waals surface area contributed by atoms with Gasteiger partial charge in [0, 0.05) is 24.7 Å². The first kappa shape index (κ1) is 14.3. The minimum atomic E-state index is 0.551. The zero-order valence-electron chi connectivity index (χ0n) is 11.9. The van der Waals surface area contributed by atoms with Crippen LogP contribution in [0.15, 0.2) is 0 Å². The van der Waals surface area contributed by atoms with Gasteiger partial charge in [-0.25, -0.2) is 0 Å². The fourth-order valence-electron chi connectivity index (χ4n) is 3.29. The maximum absolute atomic E-state index is 5.52. The van der Waals surface area contributed by atoms with Gasteiger partial charge in [-0.2, -0.15) is 0 Å². The lowest BCUT2D eigenvalue weighted by molar-refractivity contribution is 0.0705. The van der Waals surface area contributed by atoms with Crippen molar-refractivity contribution in [1.82, 2.24) is 10.6 Å². The van der Waals surface area contributed by atoms with Crippen LogP contribution in [-0.4, -0.2) is 37.9 Å². The summed E-state index contributed by atoms with van der Waals surface area (Å²) in [5, 5.41) is 7.38. The number of hydrogen-bond acceptors (Lipinski definition) is 3. The van der Waals surface area contributed by atoms with Crippen LogP contribution in [0.4, 0.5) is 0 Å². The van der Waals surface area contributed by atoms with Crippen molar-refractivity contribution in [3.8, 4) is 0 Å². The van der Waals surface area contributed by atoms with E-state index in [0.29, 0.717) is 12.1 Å². The quantitative estimate of drug-likeness (QED) is 0.808. The highest BCUT2D eigenvalue weighted by Gasteiger charge is 2.19. The van der Waals surface area contributed by atoms with Crippen LogP contribution in [0.5, 0.6) is 0 Å². The van der Waals surface area contributed by atoms with E-state index >= 15 is 0 Å². The van der Waals surface area contributed by atoms with Gasteiger partial charge in [-0.05, 0) is 26.2 Å². The summed E-state index contributed by atoms with van der Waals surface area (Å²) >= 11 is 0. The molecular formula is C15H30N2O. The predicted molar refractivity (Wildman–Crippen MR) is 75.9 cm³/mol. The van der Waals surface area contributed by atoms with E-state index in [2.05, 4.69) is 17.6 Å². The van der Waals surface area contributed by atoms with Crippen LogP contribution in [0.25, 0.3) is 0 Å². The van der Waals surface area contributed by atoms with Crippen molar-refractivity contribution in [3.63, 3.8) is 0 Å². The zero-order chi connectivity index (χ0) is 12.6. The molecule has 3 nitrogen and oxygen atoms in total. The first-order valence-corrected chi connectivity index (χ1v) is 7.92. The molecule has 2 rings (SSSR count). The standard InChI is InChI=1S/C15H30N2O/c1-13(11-15-12-18-10-9-16-15)17-14-7-5-3-2-4-6-8-14/h13-17H,2-12H2,1H3. The summed E-state index contributed by atoms with van der Waals surface area (Å²) in [7, 11) is 0. The minimum absolute atomic E-state index is 0.551. The van der Waals surface area contributed by atoms with Gasteiger partial charge in [0.25, 0.3) is 0 Å². The number of ether oxygens (including phenoxy) is 1. The molecule has 1 aliphatic carbocycles. The molecule has 3 heteroatoms. The van der Waals surface area contributed by atoms with E-state index in [1.165, 1.54) is 51.4 Å². The molecule has 0 bridgehead atoms. The molecule has 0 aromatic carbocycles. The maximum Gasteiger partial charge on any atom is 0.0620 e. The van der Waals surface area contributed by atoms with Crippen LogP contribution in [0, 0.1) is 0 Å². The van der Waals surface area contributed by atoms with E-state index in [1.54, 1.807) is 0 Å². The molecule has 18 heavy (non-hydrogen) atoms. The largest absolute Gasteiger partial charge is 0.379 e. The van der Waals surface area contributed by atoms with Crippen molar-refractivity contribution < 1.29 is 4.74 Å². The molecule has 1 saturated carbocycles. The Morgan fingerprint density at radius 1 is 1.17 bits per heavy atom. The highest BCUT2D eigenvalue weighted by atomic mass is 16.5. The number of morpholine rings is 1. The van der Waals surface area contributed by atoms with Gasteiger partial charge in [-0.15, -0.1) is 0 Å². The second-order valence-electron chi connectivity index (χ2n) is 6.07. The Balaban J connectivity index is 1.66. The summed E-state index contributed by atoms with van der Waals surface area (Å²) in [4.78, 5) is 0. The van der Waals surface area contributed by atoms with Crippen LogP contribution < -0.4 is 10.6 Å². The zero-order valence-corrected chi connectivity index (χ0v) is 11.9. The third-order valence-corrected chi connectivity index (χ3v) is 4.26. The lowest BCUT2D eigenvalue weighted by Crippen LogP contribution is -2.46. The Hall–Kier alpha value is -0.120. The Morgan fingerprint density at radius 3 is 2.56 bits per heavy atom. The van der Waals surface area contributed by atoms with E-state index in [1.807, 2.05) is 0 Å². The topological polar surface area (TPSA) is 33.3 Å². The molecule has 0 aromatic heterocycles. The molecule has 0 amide bonds. The van der Waals surface area contributed by atoms with Gasteiger partial charge < -0.3 is 15.4 Å². The molecule has 2 atom stereocenters. The maximum atomic E-state index is 5.52. The van der Waals surface area contributed by atoms with E-state index in [-0.39, 0.29) is 0 Å². The predicted octanol–water partition coefficient (Wildman–Crippen LogP) is 2.46. The van der Waals surface area contributed by atoms with Crippen LogP contribution in [-0.2, 0) is 4.74 Å². The molecule has 2 aliphatic rings. The van der Waals surface area contributed by atoms with Gasteiger partial charge >= 0.3 is 0 Å². The highest BCUT2D eigenvalue weighted by molar-refractivity contribution is 4.79. The Morgan fingerprint density at radius 2 is 1.89 bits per heavy atom. The van der Waals surface area contributed by atoms with Gasteiger partial charge in [-0.1, -0.05) is 32.1 Å². The van der Waals surface area contributed by atoms with Crippen LogP contribution in [0.1, 0.15) is 58.3 Å². The summed E-state index contributed by atoms with van der Waals surface area (Å²) < 4.78 is 5.52. The molecule has 2 N–H and O–H groups in total. The van der Waals surface area contributed by atoms with Gasteiger partial charge in [-0.3, -0.25) is 0 Å². The lowest BCUT2D eigenvalue weighted by Gasteiger charge is -2.30. The fourth-order valence-corrected chi connectivity index (χ4v) is 3.29. The summed E-state index contributed by atoms with van der Waals surface area (Å²) in [5.41, 5.74) is 0. The lowest BCUT2D eigenvalue weighted by atomic mass is 9.95. The second kappa shape index (κ2) is 8.13. The SMILES string of the molecule is CC(CC1COCCN1)NC1CCCCCCC1. The van der Waals surface area contributed by atoms with Gasteiger partial charge in [0.15, 0.2) is 0 Å². The molecule has 1 saturated heterocycles. The molecular weight excluding hydrogens is 224 g/mol. The first-order chi connectivity index (χ1) is 8.84. The van der Waals surface area contributed by atoms with Crippen molar-refractivity contribution >= 4 is 0 Å². The van der Waals surface area contributed by atoms with Crippen LogP contribution in [0.2, 0.25) is 0 Å². The molecule has 2 unspecified atom stereocenters.